The number of hydrogen-bond acceptors (Lipinski definition) is 2. The van der Waals surface area contributed by atoms with E-state index in [0.29, 0.717) is 6.42 Å². The molecule has 0 fully saturated rings. The van der Waals surface area contributed by atoms with Crippen molar-refractivity contribution < 1.29 is 16.1 Å². The van der Waals surface area contributed by atoms with Crippen LogP contribution in [0.15, 0.2) is 0 Å². The molecule has 1 amide bonds. The predicted molar refractivity (Wildman–Crippen MR) is 77.1 cm³/mol. The normalized spacial score (nSPS) is 14.5. The third-order valence-corrected chi connectivity index (χ3v) is 3.05. The third-order valence-electron chi connectivity index (χ3n) is 3.05. The van der Waals surface area contributed by atoms with E-state index in [1.165, 1.54) is 39.0 Å². The lowest BCUT2D eigenvalue weighted by molar-refractivity contribution is -0.137. The van der Waals surface area contributed by atoms with Gasteiger partial charge < -0.3 is 10.4 Å². The summed E-state index contributed by atoms with van der Waals surface area (Å²) in [5, 5.41) is 11.3. The van der Waals surface area contributed by atoms with Crippen molar-refractivity contribution >= 4 is 11.9 Å². The van der Waals surface area contributed by atoms with E-state index in [1.54, 1.807) is 0 Å². The molecule has 0 aliphatic rings. The highest BCUT2D eigenvalue weighted by Crippen LogP contribution is 2.11. The Morgan fingerprint density at radius 3 is 2.11 bits per heavy atom. The first-order valence-electron chi connectivity index (χ1n) is 7.90. The average molecular weight is 272 g/mol. The number of carbonyl (C=O) groups is 2. The average Bonchev–Trinajstić information content (AvgIpc) is 2.30. The molecule has 0 unspecified atom stereocenters. The van der Waals surface area contributed by atoms with E-state index >= 15 is 0 Å². The first-order chi connectivity index (χ1) is 9.39. The van der Waals surface area contributed by atoms with Crippen LogP contribution in [-0.2, 0) is 9.59 Å². The van der Waals surface area contributed by atoms with Gasteiger partial charge in [0.25, 0.3) is 0 Å². The zero-order valence-electron chi connectivity index (χ0n) is 13.3. The van der Waals surface area contributed by atoms with Crippen LogP contribution in [0.2, 0.25) is 0 Å². The Bertz CT molecular complexity index is 279. The van der Waals surface area contributed by atoms with Gasteiger partial charge in [0.15, 0.2) is 0 Å². The van der Waals surface area contributed by atoms with E-state index < -0.39 is 12.0 Å². The lowest BCUT2D eigenvalue weighted by atomic mass is 10.0. The summed E-state index contributed by atoms with van der Waals surface area (Å²) in [6.45, 7) is 3.51. The van der Waals surface area contributed by atoms with Gasteiger partial charge in [-0.15, -0.1) is 0 Å². The summed E-state index contributed by atoms with van der Waals surface area (Å²) in [7, 11) is 0. The Morgan fingerprint density at radius 1 is 1.11 bits per heavy atom. The molecule has 0 saturated heterocycles. The molecule has 112 valence electrons. The molecule has 4 heteroatoms. The van der Waals surface area contributed by atoms with Crippen molar-refractivity contribution in [1.82, 2.24) is 5.32 Å². The maximum Gasteiger partial charge on any atom is 0.305 e. The number of amides is 1. The van der Waals surface area contributed by atoms with Gasteiger partial charge in [-0.2, -0.15) is 0 Å². The van der Waals surface area contributed by atoms with Gasteiger partial charge in [0.1, 0.15) is 0 Å². The van der Waals surface area contributed by atoms with Crippen LogP contribution in [0.1, 0.15) is 79.4 Å². The maximum absolute atomic E-state index is 11.1. The molecule has 0 bridgehead atoms. The van der Waals surface area contributed by atoms with E-state index in [9.17, 15) is 9.59 Å². The summed E-state index contributed by atoms with van der Waals surface area (Å²) in [5.74, 6) is -1.39. The minimum Gasteiger partial charge on any atom is -0.481 e. The summed E-state index contributed by atoms with van der Waals surface area (Å²) < 4.78 is 8.04. The summed E-state index contributed by atoms with van der Waals surface area (Å²) in [4.78, 5) is 21.8. The van der Waals surface area contributed by atoms with Crippen molar-refractivity contribution in [2.75, 3.05) is 0 Å². The molecule has 0 rings (SSSR count). The molecular weight excluding hydrogens is 242 g/mol. The lowest BCUT2D eigenvalue weighted by Crippen LogP contribution is -2.34. The number of carboxylic acids is 1. The Kier molecular flexibility index (Phi) is 10.1. The Balaban J connectivity index is 3.85. The van der Waals surface area contributed by atoms with Crippen LogP contribution < -0.4 is 5.32 Å². The zero-order chi connectivity index (χ0) is 15.4. The first-order valence-corrected chi connectivity index (χ1v) is 7.40. The van der Waals surface area contributed by atoms with Gasteiger partial charge in [0.2, 0.25) is 5.91 Å². The number of carboxylic acid groups (broad SMARTS) is 1. The highest BCUT2D eigenvalue weighted by molar-refractivity contribution is 5.74. The fraction of sp³-hybridized carbons (Fsp3) is 0.867. The summed E-state index contributed by atoms with van der Waals surface area (Å²) in [6, 6.07) is -1.36. The number of carbonyl (C=O) groups excluding carboxylic acids is 1. The van der Waals surface area contributed by atoms with Crippen LogP contribution >= 0.6 is 0 Å². The lowest BCUT2D eigenvalue weighted by Gasteiger charge is -2.15. The van der Waals surface area contributed by atoms with Gasteiger partial charge in [-0.05, 0) is 6.42 Å². The van der Waals surface area contributed by atoms with Gasteiger partial charge in [0.05, 0.1) is 7.79 Å². The van der Waals surface area contributed by atoms with E-state index in [-0.39, 0.29) is 12.3 Å². The van der Waals surface area contributed by atoms with Crippen LogP contribution in [0.25, 0.3) is 0 Å². The van der Waals surface area contributed by atoms with Crippen LogP contribution in [-0.4, -0.2) is 23.0 Å². The second-order valence-corrected chi connectivity index (χ2v) is 5.08. The van der Waals surface area contributed by atoms with Crippen molar-refractivity contribution in [3.8, 4) is 0 Å². The predicted octanol–water partition coefficient (Wildman–Crippen LogP) is 3.50. The molecule has 0 saturated carbocycles. The van der Waals surface area contributed by atoms with Crippen molar-refractivity contribution in [3.05, 3.63) is 0 Å². The molecular formula is C15H29NO3. The third kappa shape index (κ3) is 13.2. The minimum absolute atomic E-state index is 0.344. The van der Waals surface area contributed by atoms with E-state index in [0.717, 1.165) is 19.3 Å². The first kappa shape index (κ1) is 16.0. The van der Waals surface area contributed by atoms with Crippen molar-refractivity contribution in [2.45, 2.75) is 84.1 Å². The molecule has 0 aromatic rings. The fourth-order valence-corrected chi connectivity index (χ4v) is 2.10. The summed E-state index contributed by atoms with van der Waals surface area (Å²) in [6.07, 6.45) is 9.21. The molecule has 0 aromatic heterocycles. The zero-order valence-corrected chi connectivity index (χ0v) is 12.3. The minimum atomic E-state index is -1.36. The largest absolute Gasteiger partial charge is 0.481 e. The second kappa shape index (κ2) is 12.0. The molecule has 0 spiro atoms. The quantitative estimate of drug-likeness (QED) is 0.534. The van der Waals surface area contributed by atoms with Crippen molar-refractivity contribution in [3.63, 3.8) is 0 Å². The number of unbranched alkanes of at least 4 members (excludes halogenated alkanes) is 7. The van der Waals surface area contributed by atoms with Crippen molar-refractivity contribution in [1.29, 1.82) is 0 Å². The molecule has 4 nitrogen and oxygen atoms in total. The Labute approximate surface area is 118 Å². The van der Waals surface area contributed by atoms with Crippen LogP contribution in [0.5, 0.6) is 0 Å². The topological polar surface area (TPSA) is 66.4 Å². The van der Waals surface area contributed by atoms with Gasteiger partial charge >= 0.3 is 5.97 Å². The highest BCUT2D eigenvalue weighted by atomic mass is 16.4. The monoisotopic (exact) mass is 272 g/mol. The van der Waals surface area contributed by atoms with Gasteiger partial charge in [0, 0.05) is 12.9 Å². The SMILES string of the molecule is [2H][C@](CCCCCCCCCC)(CC(=O)O)NC(C)=O. The van der Waals surface area contributed by atoms with Crippen LogP contribution in [0, 0.1) is 0 Å². The fourth-order valence-electron chi connectivity index (χ4n) is 2.10. The Morgan fingerprint density at radius 2 is 1.63 bits per heavy atom. The van der Waals surface area contributed by atoms with Gasteiger partial charge in [-0.3, -0.25) is 9.59 Å². The molecule has 0 aliphatic carbocycles. The highest BCUT2D eigenvalue weighted by Gasteiger charge is 2.13. The molecule has 19 heavy (non-hydrogen) atoms. The molecule has 0 heterocycles. The smallest absolute Gasteiger partial charge is 0.305 e. The number of rotatable bonds is 12. The van der Waals surface area contributed by atoms with Crippen molar-refractivity contribution in [2.24, 2.45) is 0 Å². The molecule has 1 atom stereocenters. The number of aliphatic carboxylic acids is 1. The Hall–Kier alpha value is -1.06. The van der Waals surface area contributed by atoms with Gasteiger partial charge in [-0.25, -0.2) is 0 Å². The number of hydrogen-bond donors (Lipinski definition) is 2. The van der Waals surface area contributed by atoms with Crippen LogP contribution in [0.3, 0.4) is 0 Å². The standard InChI is InChI=1S/C15H29NO3/c1-3-4-5-6-7-8-9-10-11-14(12-15(18)19)16-13(2)17/h14H,3-12H2,1-2H3,(H,16,17)(H,18,19)/t14-/m0/s1/i14D. The van der Waals surface area contributed by atoms with E-state index in [4.69, 9.17) is 6.48 Å². The van der Waals surface area contributed by atoms with E-state index in [2.05, 4.69) is 12.2 Å². The van der Waals surface area contributed by atoms with Gasteiger partial charge in [-0.1, -0.05) is 58.3 Å². The summed E-state index contributed by atoms with van der Waals surface area (Å²) >= 11 is 0. The second-order valence-electron chi connectivity index (χ2n) is 5.08. The molecule has 2 N–H and O–H groups in total. The molecule has 0 aliphatic heterocycles. The van der Waals surface area contributed by atoms with E-state index in [1.807, 2.05) is 0 Å². The molecule has 0 aromatic carbocycles. The summed E-state index contributed by atoms with van der Waals surface area (Å²) in [5.41, 5.74) is 0. The maximum atomic E-state index is 11.1. The van der Waals surface area contributed by atoms with Crippen LogP contribution in [0.4, 0.5) is 0 Å². The molecule has 0 radical (unpaired) electrons. The number of nitrogens with one attached hydrogen (secondary N) is 1.